The van der Waals surface area contributed by atoms with Gasteiger partial charge in [0.15, 0.2) is 0 Å². The van der Waals surface area contributed by atoms with Gasteiger partial charge >= 0.3 is 0 Å². The molecule has 0 atom stereocenters. The van der Waals surface area contributed by atoms with E-state index in [2.05, 4.69) is 21.7 Å². The van der Waals surface area contributed by atoms with Crippen LogP contribution in [-0.2, 0) is 25.8 Å². The van der Waals surface area contributed by atoms with Gasteiger partial charge in [-0.3, -0.25) is 14.6 Å². The van der Waals surface area contributed by atoms with Crippen molar-refractivity contribution in [1.29, 1.82) is 0 Å². The molecule has 3 N–H and O–H groups in total. The fourth-order valence-corrected chi connectivity index (χ4v) is 5.65. The Hall–Kier alpha value is -4.19. The van der Waals surface area contributed by atoms with Crippen molar-refractivity contribution in [1.82, 2.24) is 20.6 Å². The topological polar surface area (TPSA) is 86.9 Å². The number of benzene rings is 2. The summed E-state index contributed by atoms with van der Waals surface area (Å²) in [6.07, 6.45) is 6.64. The van der Waals surface area contributed by atoms with Crippen molar-refractivity contribution in [2.75, 3.05) is 0 Å². The predicted octanol–water partition coefficient (Wildman–Crippen LogP) is 4.59. The van der Waals surface area contributed by atoms with E-state index in [1.54, 1.807) is 0 Å². The molecule has 2 aliphatic carbocycles. The van der Waals surface area contributed by atoms with Crippen molar-refractivity contribution in [2.45, 2.75) is 44.2 Å². The molecule has 0 saturated heterocycles. The van der Waals surface area contributed by atoms with Crippen LogP contribution in [0.2, 0.25) is 0 Å². The normalized spacial score (nSPS) is 16.5. The Bertz CT molecular complexity index is 1530. The van der Waals surface area contributed by atoms with Crippen LogP contribution in [-0.4, -0.2) is 27.3 Å². The highest BCUT2D eigenvalue weighted by Gasteiger charge is 2.49. The third kappa shape index (κ3) is 3.52. The SMILES string of the molecule is O=C(NCc1ccccc1)c1cccc(-c2cc3c(cn2)CCc2c-3[nH]c3c2C(=O)NC2(CC2)C3)c1. The number of rotatable bonds is 4. The summed E-state index contributed by atoms with van der Waals surface area (Å²) in [5.74, 6) is -0.0452. The summed E-state index contributed by atoms with van der Waals surface area (Å²) in [6, 6.07) is 19.6. The van der Waals surface area contributed by atoms with E-state index in [0.29, 0.717) is 12.1 Å². The van der Waals surface area contributed by atoms with Crippen LogP contribution in [0.4, 0.5) is 0 Å². The Labute approximate surface area is 209 Å². The van der Waals surface area contributed by atoms with Crippen LogP contribution < -0.4 is 10.6 Å². The average Bonchev–Trinajstić information content (AvgIpc) is 3.53. The zero-order valence-electron chi connectivity index (χ0n) is 19.9. The van der Waals surface area contributed by atoms with Crippen molar-refractivity contribution in [2.24, 2.45) is 0 Å². The zero-order chi connectivity index (χ0) is 24.3. The lowest BCUT2D eigenvalue weighted by Crippen LogP contribution is -2.43. The van der Waals surface area contributed by atoms with E-state index in [0.717, 1.165) is 77.0 Å². The van der Waals surface area contributed by atoms with Gasteiger partial charge in [-0.25, -0.2) is 0 Å². The van der Waals surface area contributed by atoms with Gasteiger partial charge in [0.25, 0.3) is 11.8 Å². The van der Waals surface area contributed by atoms with Crippen LogP contribution in [0.3, 0.4) is 0 Å². The van der Waals surface area contributed by atoms with Crippen molar-refractivity contribution >= 4 is 11.8 Å². The molecular formula is C30H26N4O2. The largest absolute Gasteiger partial charge is 0.357 e. The number of pyridine rings is 1. The van der Waals surface area contributed by atoms with Crippen LogP contribution in [0.15, 0.2) is 66.9 Å². The molecule has 1 aliphatic heterocycles. The predicted molar refractivity (Wildman–Crippen MR) is 138 cm³/mol. The first-order valence-corrected chi connectivity index (χ1v) is 12.6. The van der Waals surface area contributed by atoms with Crippen LogP contribution in [0.25, 0.3) is 22.5 Å². The highest BCUT2D eigenvalue weighted by molar-refractivity contribution is 6.01. The molecule has 1 spiro atoms. The molecule has 4 aromatic rings. The third-order valence-corrected chi connectivity index (χ3v) is 7.77. The maximum Gasteiger partial charge on any atom is 0.253 e. The van der Waals surface area contributed by atoms with E-state index < -0.39 is 0 Å². The van der Waals surface area contributed by atoms with Crippen LogP contribution in [0.1, 0.15) is 55.9 Å². The van der Waals surface area contributed by atoms with Gasteiger partial charge in [-0.1, -0.05) is 42.5 Å². The molecule has 2 amide bonds. The molecule has 1 fully saturated rings. The standard InChI is InChI=1S/C30H26N4O2/c35-28(32-16-18-5-2-1-3-6-18)20-8-4-7-19(13-20)24-14-23-21(17-31-24)9-10-22-26-25(33-27(22)23)15-30(11-12-30)34-29(26)36/h1-8,13-14,17,33H,9-12,15-16H2,(H,32,35)(H,34,36). The summed E-state index contributed by atoms with van der Waals surface area (Å²) in [5.41, 5.74) is 9.73. The maximum atomic E-state index is 12.9. The first-order chi connectivity index (χ1) is 17.6. The van der Waals surface area contributed by atoms with Gasteiger partial charge < -0.3 is 15.6 Å². The second kappa shape index (κ2) is 7.92. The van der Waals surface area contributed by atoms with Gasteiger partial charge in [-0.2, -0.15) is 0 Å². The number of carbonyl (C=O) groups excluding carboxylic acids is 2. The molecule has 0 unspecified atom stereocenters. The summed E-state index contributed by atoms with van der Waals surface area (Å²) in [5, 5.41) is 6.25. The zero-order valence-corrected chi connectivity index (χ0v) is 19.9. The molecular weight excluding hydrogens is 448 g/mol. The number of H-pyrrole nitrogens is 1. The molecule has 2 aromatic carbocycles. The Morgan fingerprint density at radius 1 is 1.03 bits per heavy atom. The minimum absolute atomic E-state index is 0.0225. The number of aromatic nitrogens is 2. The van der Waals surface area contributed by atoms with Crippen LogP contribution >= 0.6 is 0 Å². The summed E-state index contributed by atoms with van der Waals surface area (Å²) in [7, 11) is 0. The number of carbonyl (C=O) groups is 2. The minimum atomic E-state index is -0.113. The number of aromatic amines is 1. The van der Waals surface area contributed by atoms with Gasteiger partial charge in [-0.15, -0.1) is 0 Å². The lowest BCUT2D eigenvalue weighted by atomic mass is 9.87. The quantitative estimate of drug-likeness (QED) is 0.404. The molecule has 3 aliphatic rings. The van der Waals surface area contributed by atoms with E-state index in [9.17, 15) is 9.59 Å². The monoisotopic (exact) mass is 474 g/mol. The molecule has 6 heteroatoms. The number of hydrogen-bond acceptors (Lipinski definition) is 3. The Morgan fingerprint density at radius 2 is 1.89 bits per heavy atom. The summed E-state index contributed by atoms with van der Waals surface area (Å²) in [6.45, 7) is 0.482. The number of nitrogens with zero attached hydrogens (tertiary/aromatic N) is 1. The summed E-state index contributed by atoms with van der Waals surface area (Å²) in [4.78, 5) is 34.1. The van der Waals surface area contributed by atoms with E-state index in [1.807, 2.05) is 60.8 Å². The number of nitrogens with one attached hydrogen (secondary N) is 3. The fourth-order valence-electron chi connectivity index (χ4n) is 5.65. The molecule has 7 rings (SSSR count). The first-order valence-electron chi connectivity index (χ1n) is 12.6. The third-order valence-electron chi connectivity index (χ3n) is 7.77. The number of amides is 2. The highest BCUT2D eigenvalue weighted by Crippen LogP contribution is 2.45. The molecule has 3 heterocycles. The summed E-state index contributed by atoms with van der Waals surface area (Å²) < 4.78 is 0. The second-order valence-electron chi connectivity index (χ2n) is 10.2. The summed E-state index contributed by atoms with van der Waals surface area (Å²) >= 11 is 0. The average molecular weight is 475 g/mol. The molecule has 6 nitrogen and oxygen atoms in total. The van der Waals surface area contributed by atoms with E-state index in [1.165, 1.54) is 5.56 Å². The van der Waals surface area contributed by atoms with Crippen LogP contribution in [0, 0.1) is 0 Å². The lowest BCUT2D eigenvalue weighted by Gasteiger charge is -2.24. The highest BCUT2D eigenvalue weighted by atomic mass is 16.2. The lowest BCUT2D eigenvalue weighted by molar-refractivity contribution is 0.0915. The molecule has 0 bridgehead atoms. The Balaban J connectivity index is 1.19. The van der Waals surface area contributed by atoms with E-state index in [-0.39, 0.29) is 17.4 Å². The van der Waals surface area contributed by atoms with Crippen molar-refractivity contribution in [3.05, 3.63) is 100 Å². The van der Waals surface area contributed by atoms with Gasteiger partial charge in [0.2, 0.25) is 0 Å². The van der Waals surface area contributed by atoms with Gasteiger partial charge in [0.1, 0.15) is 0 Å². The van der Waals surface area contributed by atoms with E-state index >= 15 is 0 Å². The fraction of sp³-hybridized carbons (Fsp3) is 0.233. The number of aryl methyl sites for hydroxylation is 1. The first kappa shape index (κ1) is 21.1. The minimum Gasteiger partial charge on any atom is -0.357 e. The van der Waals surface area contributed by atoms with E-state index in [4.69, 9.17) is 4.98 Å². The number of hydrogen-bond donors (Lipinski definition) is 3. The maximum absolute atomic E-state index is 12.9. The Morgan fingerprint density at radius 3 is 2.72 bits per heavy atom. The van der Waals surface area contributed by atoms with Gasteiger partial charge in [0.05, 0.1) is 17.0 Å². The van der Waals surface area contributed by atoms with Crippen molar-refractivity contribution in [3.8, 4) is 22.5 Å². The van der Waals surface area contributed by atoms with Crippen molar-refractivity contribution < 1.29 is 9.59 Å². The Kier molecular flexibility index (Phi) is 4.64. The molecule has 178 valence electrons. The number of fused-ring (bicyclic) bond motifs is 5. The molecule has 1 saturated carbocycles. The molecule has 2 aromatic heterocycles. The molecule has 0 radical (unpaired) electrons. The van der Waals surface area contributed by atoms with Crippen molar-refractivity contribution in [3.63, 3.8) is 0 Å². The van der Waals surface area contributed by atoms with Gasteiger partial charge in [0, 0.05) is 47.1 Å². The smallest absolute Gasteiger partial charge is 0.253 e. The second-order valence-corrected chi connectivity index (χ2v) is 10.2. The molecule has 36 heavy (non-hydrogen) atoms. The van der Waals surface area contributed by atoms with Crippen LogP contribution in [0.5, 0.6) is 0 Å². The van der Waals surface area contributed by atoms with Gasteiger partial charge in [-0.05, 0) is 60.6 Å².